The van der Waals surface area contributed by atoms with Crippen LogP contribution in [0.1, 0.15) is 34.6 Å². The summed E-state index contributed by atoms with van der Waals surface area (Å²) in [4.78, 5) is 19.2. The molecule has 0 atom stereocenters. The topological polar surface area (TPSA) is 42.4 Å². The van der Waals surface area contributed by atoms with Gasteiger partial charge in [0.15, 0.2) is 0 Å². The molecule has 146 valence electrons. The minimum Gasteiger partial charge on any atom is -0.494 e. The Morgan fingerprint density at radius 3 is 2.59 bits per heavy atom. The highest BCUT2D eigenvalue weighted by molar-refractivity contribution is 7.17. The van der Waals surface area contributed by atoms with Crippen molar-refractivity contribution in [1.82, 2.24) is 9.88 Å². The summed E-state index contributed by atoms with van der Waals surface area (Å²) in [6, 6.07) is 7.50. The first-order valence-electron chi connectivity index (χ1n) is 8.83. The van der Waals surface area contributed by atoms with E-state index in [-0.39, 0.29) is 31.8 Å². The highest BCUT2D eigenvalue weighted by Gasteiger charge is 2.36. The summed E-state index contributed by atoms with van der Waals surface area (Å²) in [5, 5.41) is 0.727. The molecule has 0 radical (unpaired) electrons. The molecule has 27 heavy (non-hydrogen) atoms. The fraction of sp³-hybridized carbons (Fsp3) is 0.474. The second-order valence-corrected chi connectivity index (χ2v) is 7.87. The number of hydrogen-bond acceptors (Lipinski definition) is 4. The maximum absolute atomic E-state index is 13.3. The van der Waals surface area contributed by atoms with Gasteiger partial charge in [0.05, 0.1) is 12.3 Å². The monoisotopic (exact) mass is 414 g/mol. The lowest BCUT2D eigenvalue weighted by molar-refractivity contribution is -0.0493. The van der Waals surface area contributed by atoms with E-state index in [0.717, 1.165) is 22.7 Å². The zero-order valence-corrected chi connectivity index (χ0v) is 16.6. The number of rotatable bonds is 6. The number of carbonyl (C=O) groups is 1. The van der Waals surface area contributed by atoms with Crippen LogP contribution in [0.2, 0.25) is 0 Å². The summed E-state index contributed by atoms with van der Waals surface area (Å²) in [5.41, 5.74) is 1.51. The fourth-order valence-corrected chi connectivity index (χ4v) is 3.99. The third-order valence-corrected chi connectivity index (χ3v) is 5.88. The Bertz CT molecular complexity index is 786. The number of halogens is 3. The summed E-state index contributed by atoms with van der Waals surface area (Å²) < 4.78 is 32.2. The third kappa shape index (κ3) is 4.96. The third-order valence-electron chi connectivity index (χ3n) is 4.42. The maximum Gasteiger partial charge on any atom is 0.265 e. The van der Waals surface area contributed by atoms with E-state index in [1.54, 1.807) is 6.92 Å². The van der Waals surface area contributed by atoms with Gasteiger partial charge in [-0.1, -0.05) is 0 Å². The van der Waals surface area contributed by atoms with Gasteiger partial charge < -0.3 is 9.64 Å². The molecule has 1 saturated heterocycles. The van der Waals surface area contributed by atoms with Crippen molar-refractivity contribution in [2.45, 2.75) is 32.1 Å². The Labute approximate surface area is 166 Å². The van der Waals surface area contributed by atoms with Gasteiger partial charge in [0.1, 0.15) is 15.6 Å². The molecule has 0 spiro atoms. The summed E-state index contributed by atoms with van der Waals surface area (Å²) in [6.07, 6.45) is 0.214. The maximum atomic E-state index is 13.3. The van der Waals surface area contributed by atoms with Crippen molar-refractivity contribution in [2.24, 2.45) is 0 Å². The first kappa shape index (κ1) is 20.0. The van der Waals surface area contributed by atoms with Crippen LogP contribution in [0.4, 0.5) is 8.78 Å². The van der Waals surface area contributed by atoms with Crippen molar-refractivity contribution in [3.05, 3.63) is 34.8 Å². The smallest absolute Gasteiger partial charge is 0.265 e. The standard InChI is InChI=1S/C19H21ClF2N2O2S/c1-13-16(18(25)24-10-7-19(21,22)8-11-24)27-17(23-13)14-3-5-15(6-4-14)26-12-2-9-20/h3-6H,2,7-12H2,1H3. The van der Waals surface area contributed by atoms with Crippen LogP contribution in [-0.4, -0.2) is 47.3 Å². The average Bonchev–Trinajstić information content (AvgIpc) is 3.04. The molecule has 8 heteroatoms. The first-order chi connectivity index (χ1) is 12.9. The Morgan fingerprint density at radius 1 is 1.30 bits per heavy atom. The van der Waals surface area contributed by atoms with Crippen LogP contribution in [-0.2, 0) is 0 Å². The van der Waals surface area contributed by atoms with Gasteiger partial charge in [-0.15, -0.1) is 22.9 Å². The molecule has 0 unspecified atom stereocenters. The van der Waals surface area contributed by atoms with E-state index < -0.39 is 5.92 Å². The van der Waals surface area contributed by atoms with Crippen LogP contribution in [0.15, 0.2) is 24.3 Å². The van der Waals surface area contributed by atoms with Crippen molar-refractivity contribution < 1.29 is 18.3 Å². The Kier molecular flexibility index (Phi) is 6.32. The molecule has 0 saturated carbocycles. The van der Waals surface area contributed by atoms with E-state index >= 15 is 0 Å². The van der Waals surface area contributed by atoms with Gasteiger partial charge in [-0.3, -0.25) is 4.79 Å². The molecule has 0 N–H and O–H groups in total. The van der Waals surface area contributed by atoms with Crippen molar-refractivity contribution in [2.75, 3.05) is 25.6 Å². The Morgan fingerprint density at radius 2 is 1.96 bits per heavy atom. The van der Waals surface area contributed by atoms with Crippen molar-refractivity contribution in [1.29, 1.82) is 0 Å². The van der Waals surface area contributed by atoms with Gasteiger partial charge in [0.2, 0.25) is 0 Å². The van der Waals surface area contributed by atoms with E-state index in [1.807, 2.05) is 24.3 Å². The molecule has 1 fully saturated rings. The predicted octanol–water partition coefficient (Wildman–Crippen LogP) is 5.00. The normalized spacial score (nSPS) is 16.4. The predicted molar refractivity (Wildman–Crippen MR) is 103 cm³/mol. The molecule has 2 aromatic rings. The molecule has 1 aromatic heterocycles. The summed E-state index contributed by atoms with van der Waals surface area (Å²) in [7, 11) is 0. The highest BCUT2D eigenvalue weighted by Crippen LogP contribution is 2.32. The molecule has 1 aromatic carbocycles. The largest absolute Gasteiger partial charge is 0.494 e. The van der Waals surface area contributed by atoms with Crippen molar-refractivity contribution in [3.8, 4) is 16.3 Å². The Balaban J connectivity index is 1.70. The number of aryl methyl sites for hydroxylation is 1. The summed E-state index contributed by atoms with van der Waals surface area (Å²) >= 11 is 6.92. The Hall–Kier alpha value is -1.73. The van der Waals surface area contributed by atoms with Crippen molar-refractivity contribution in [3.63, 3.8) is 0 Å². The average molecular weight is 415 g/mol. The number of ether oxygens (including phenoxy) is 1. The quantitative estimate of drug-likeness (QED) is 0.493. The van der Waals surface area contributed by atoms with E-state index in [1.165, 1.54) is 16.2 Å². The zero-order valence-electron chi connectivity index (χ0n) is 15.0. The molecule has 3 rings (SSSR count). The van der Waals surface area contributed by atoms with Gasteiger partial charge in [-0.05, 0) is 37.6 Å². The molecule has 0 bridgehead atoms. The number of alkyl halides is 3. The van der Waals surface area contributed by atoms with Crippen LogP contribution >= 0.6 is 22.9 Å². The van der Waals surface area contributed by atoms with Crippen molar-refractivity contribution >= 4 is 28.8 Å². The lowest BCUT2D eigenvalue weighted by atomic mass is 10.1. The van der Waals surface area contributed by atoms with Gasteiger partial charge in [0.25, 0.3) is 11.8 Å². The second kappa shape index (κ2) is 8.52. The van der Waals surface area contributed by atoms with Crippen LogP contribution in [0, 0.1) is 6.92 Å². The molecular weight excluding hydrogens is 394 g/mol. The zero-order chi connectivity index (χ0) is 19.4. The van der Waals surface area contributed by atoms with Gasteiger partial charge in [0, 0.05) is 37.4 Å². The molecule has 1 aliphatic rings. The number of benzene rings is 1. The molecule has 0 aliphatic carbocycles. The fourth-order valence-electron chi connectivity index (χ4n) is 2.84. The number of piperidine rings is 1. The lowest BCUT2D eigenvalue weighted by Crippen LogP contribution is -2.42. The molecule has 2 heterocycles. The van der Waals surface area contributed by atoms with E-state index in [0.29, 0.717) is 23.1 Å². The molecule has 1 aliphatic heterocycles. The minimum absolute atomic E-state index is 0.0762. The van der Waals surface area contributed by atoms with Gasteiger partial charge in [-0.2, -0.15) is 0 Å². The summed E-state index contributed by atoms with van der Waals surface area (Å²) in [5.74, 6) is -1.57. The number of hydrogen-bond donors (Lipinski definition) is 0. The van der Waals surface area contributed by atoms with Crippen LogP contribution in [0.5, 0.6) is 5.75 Å². The number of likely N-dealkylation sites (tertiary alicyclic amines) is 1. The first-order valence-corrected chi connectivity index (χ1v) is 10.2. The lowest BCUT2D eigenvalue weighted by Gasteiger charge is -2.31. The number of thiazole rings is 1. The van der Waals surface area contributed by atoms with E-state index in [4.69, 9.17) is 16.3 Å². The highest BCUT2D eigenvalue weighted by atomic mass is 35.5. The number of aromatic nitrogens is 1. The molecule has 4 nitrogen and oxygen atoms in total. The SMILES string of the molecule is Cc1nc(-c2ccc(OCCCCl)cc2)sc1C(=O)N1CCC(F)(F)CC1. The number of nitrogens with zero attached hydrogens (tertiary/aromatic N) is 2. The minimum atomic E-state index is -2.67. The van der Waals surface area contributed by atoms with Crippen LogP contribution in [0.25, 0.3) is 10.6 Å². The van der Waals surface area contributed by atoms with Crippen LogP contribution < -0.4 is 4.74 Å². The second-order valence-electron chi connectivity index (χ2n) is 6.50. The number of amides is 1. The molecular formula is C19H21ClF2N2O2S. The van der Waals surface area contributed by atoms with E-state index in [2.05, 4.69) is 4.98 Å². The number of carbonyl (C=O) groups excluding carboxylic acids is 1. The van der Waals surface area contributed by atoms with E-state index in [9.17, 15) is 13.6 Å². The molecule has 1 amide bonds. The van der Waals surface area contributed by atoms with Gasteiger partial charge in [-0.25, -0.2) is 13.8 Å². The summed E-state index contributed by atoms with van der Waals surface area (Å²) in [6.45, 7) is 2.49. The van der Waals surface area contributed by atoms with Crippen LogP contribution in [0.3, 0.4) is 0 Å². The van der Waals surface area contributed by atoms with Gasteiger partial charge >= 0.3 is 0 Å².